The molecule has 0 heterocycles. The second-order valence-electron chi connectivity index (χ2n) is 29.7. The number of hydrogen-bond donors (Lipinski definition) is 4. The van der Waals surface area contributed by atoms with E-state index in [2.05, 4.69) is 269 Å². The molecule has 0 fully saturated rings. The first kappa shape index (κ1) is 59.5. The van der Waals surface area contributed by atoms with Crippen LogP contribution in [0.25, 0.3) is 22.3 Å². The summed E-state index contributed by atoms with van der Waals surface area (Å²) in [5.41, 5.74) is 13.9. The highest BCUT2D eigenvalue weighted by atomic mass is 31.2. The zero-order valence-corrected chi connectivity index (χ0v) is 51.9. The van der Waals surface area contributed by atoms with Crippen molar-refractivity contribution in [3.63, 3.8) is 0 Å². The average molecular weight is 1040 g/mol. The molecule has 1 aliphatic rings. The molecule has 0 amide bonds. The second kappa shape index (κ2) is 19.9. The third-order valence-corrected chi connectivity index (χ3v) is 18.7. The molecule has 0 aromatic heterocycles. The lowest BCUT2D eigenvalue weighted by molar-refractivity contribution is 0.423. The Morgan fingerprint density at radius 2 is 0.662 bits per heavy atom. The van der Waals surface area contributed by atoms with Crippen LogP contribution in [-0.4, -0.2) is 24.5 Å². The van der Waals surface area contributed by atoms with Gasteiger partial charge in [0.15, 0.2) is 16.8 Å². The average Bonchev–Trinajstić information content (AvgIpc) is 3.24. The Morgan fingerprint density at radius 3 is 1.03 bits per heavy atom. The minimum Gasteiger partial charge on any atom is -0.349 e. The summed E-state index contributed by atoms with van der Waals surface area (Å²) in [4.78, 5) is 51.2. The van der Waals surface area contributed by atoms with E-state index in [1.54, 1.807) is 0 Å². The van der Waals surface area contributed by atoms with Crippen LogP contribution in [0.4, 0.5) is 0 Å². The molecule has 0 aliphatic heterocycles. The Hall–Kier alpha value is -3.72. The third-order valence-electron chi connectivity index (χ3n) is 15.4. The summed E-state index contributed by atoms with van der Waals surface area (Å²) in [7, 11) is -6.47. The smallest absolute Gasteiger partial charge is 0.186 e. The first-order valence-corrected chi connectivity index (χ1v) is 29.5. The van der Waals surface area contributed by atoms with Crippen LogP contribution in [0.15, 0.2) is 103 Å². The molecule has 5 aromatic carbocycles. The van der Waals surface area contributed by atoms with Crippen molar-refractivity contribution in [3.8, 4) is 0 Å². The number of allylic oxidation sites excluding steroid dienone is 4. The summed E-state index contributed by atoms with van der Waals surface area (Å²) in [6.07, 6.45) is 0. The maximum Gasteiger partial charge on any atom is 0.186 e. The van der Waals surface area contributed by atoms with Gasteiger partial charge in [0.1, 0.15) is 4.90 Å². The highest BCUT2D eigenvalue weighted by Gasteiger charge is 2.62. The standard InChI is InChI=1S/C68H94O4P2/c1-60(2,3)43-30-34-47(51(38-43)64(13,14)15)56-55(42-28-26-25-27-29-42)57(48-35-31-44(61(4,5)6)39-52(48)65(16,17)18)59(50-37-33-46(63(10,11)12)41-54(50)67(22,23)24)68(73(69)70,74(71)72)58(56)49-36-32-45(62(7,8)9)40-53(49)66(19,20)21/h25-41,58,69-72H,1-24H3. The molecule has 400 valence electrons. The van der Waals surface area contributed by atoms with Crippen LogP contribution < -0.4 is 0 Å². The van der Waals surface area contributed by atoms with Crippen molar-refractivity contribution in [2.75, 3.05) is 0 Å². The van der Waals surface area contributed by atoms with Crippen LogP contribution >= 0.6 is 16.8 Å². The molecule has 1 atom stereocenters. The van der Waals surface area contributed by atoms with E-state index < -0.39 is 49.2 Å². The van der Waals surface area contributed by atoms with E-state index in [1.165, 1.54) is 11.1 Å². The normalized spacial score (nSPS) is 16.8. The topological polar surface area (TPSA) is 80.9 Å². The fourth-order valence-electron chi connectivity index (χ4n) is 11.1. The van der Waals surface area contributed by atoms with Gasteiger partial charge in [0.2, 0.25) is 0 Å². The molecule has 6 heteroatoms. The van der Waals surface area contributed by atoms with E-state index in [9.17, 15) is 19.6 Å². The highest BCUT2D eigenvalue weighted by molar-refractivity contribution is 7.67. The van der Waals surface area contributed by atoms with Gasteiger partial charge in [0.25, 0.3) is 0 Å². The Balaban J connectivity index is 2.19. The van der Waals surface area contributed by atoms with E-state index in [0.717, 1.165) is 77.9 Å². The van der Waals surface area contributed by atoms with Crippen molar-refractivity contribution >= 4 is 39.0 Å². The first-order valence-electron chi connectivity index (χ1n) is 27.0. The van der Waals surface area contributed by atoms with Crippen molar-refractivity contribution in [3.05, 3.63) is 175 Å². The lowest BCUT2D eigenvalue weighted by Crippen LogP contribution is -2.41. The van der Waals surface area contributed by atoms with E-state index >= 15 is 0 Å². The van der Waals surface area contributed by atoms with Gasteiger partial charge in [-0.25, -0.2) is 0 Å². The maximum atomic E-state index is 13.3. The lowest BCUT2D eigenvalue weighted by atomic mass is 9.62. The van der Waals surface area contributed by atoms with E-state index in [0.29, 0.717) is 5.57 Å². The van der Waals surface area contributed by atoms with Crippen molar-refractivity contribution < 1.29 is 19.6 Å². The van der Waals surface area contributed by atoms with Crippen LogP contribution in [0.1, 0.15) is 244 Å². The summed E-state index contributed by atoms with van der Waals surface area (Å²) >= 11 is 0. The molecule has 0 saturated carbocycles. The van der Waals surface area contributed by atoms with Gasteiger partial charge in [-0.15, -0.1) is 0 Å². The Labute approximate surface area is 452 Å². The SMILES string of the molecule is CC(C)(C)c1ccc(C2=C(c3ccc(C(C)(C)C)cc3C(C)(C)C)C(P(O)O)(P(O)O)C(c3ccc(C(C)(C)C)cc3C(C)(C)C)C(c3ccc(C(C)(C)C)cc3C(C)(C)C)=C2c2ccccc2)c(C(C)(C)C)c1. The molecule has 6 rings (SSSR count). The molecule has 0 bridgehead atoms. The molecule has 1 unspecified atom stereocenters. The van der Waals surface area contributed by atoms with Gasteiger partial charge >= 0.3 is 0 Å². The summed E-state index contributed by atoms with van der Waals surface area (Å²) < 4.78 is 0. The van der Waals surface area contributed by atoms with Crippen LogP contribution in [0.5, 0.6) is 0 Å². The predicted octanol–water partition coefficient (Wildman–Crippen LogP) is 18.7. The van der Waals surface area contributed by atoms with E-state index in [-0.39, 0.29) is 21.7 Å². The monoisotopic (exact) mass is 1040 g/mol. The zero-order valence-electron chi connectivity index (χ0n) is 50.1. The lowest BCUT2D eigenvalue weighted by Gasteiger charge is -2.52. The Bertz CT molecular complexity index is 2940. The molecule has 5 aromatic rings. The van der Waals surface area contributed by atoms with Gasteiger partial charge < -0.3 is 19.6 Å². The number of benzene rings is 5. The molecule has 0 radical (unpaired) electrons. The largest absolute Gasteiger partial charge is 0.349 e. The Kier molecular flexibility index (Phi) is 16.0. The quantitative estimate of drug-likeness (QED) is 0.122. The van der Waals surface area contributed by atoms with Gasteiger partial charge in [-0.2, -0.15) is 0 Å². The summed E-state index contributed by atoms with van der Waals surface area (Å²) in [6, 6.07) is 37.7. The van der Waals surface area contributed by atoms with Crippen molar-refractivity contribution in [2.24, 2.45) is 0 Å². The van der Waals surface area contributed by atoms with Crippen LogP contribution in [0.3, 0.4) is 0 Å². The van der Waals surface area contributed by atoms with Gasteiger partial charge in [0, 0.05) is 5.92 Å². The van der Waals surface area contributed by atoms with E-state index in [4.69, 9.17) is 0 Å². The predicted molar refractivity (Wildman–Crippen MR) is 324 cm³/mol. The molecule has 0 spiro atoms. The molecule has 4 N–H and O–H groups in total. The van der Waals surface area contributed by atoms with Crippen LogP contribution in [0.2, 0.25) is 0 Å². The number of rotatable bonds is 7. The molecule has 4 nitrogen and oxygen atoms in total. The minimum absolute atomic E-state index is 0.181. The highest BCUT2D eigenvalue weighted by Crippen LogP contribution is 2.78. The van der Waals surface area contributed by atoms with Crippen molar-refractivity contribution in [1.82, 2.24) is 0 Å². The molecule has 1 aliphatic carbocycles. The molecular formula is C68H94O4P2. The van der Waals surface area contributed by atoms with E-state index in [1.807, 2.05) is 0 Å². The van der Waals surface area contributed by atoms with Gasteiger partial charge in [0.05, 0.1) is 0 Å². The Morgan fingerprint density at radius 1 is 0.338 bits per heavy atom. The molecule has 0 saturated heterocycles. The van der Waals surface area contributed by atoms with Crippen molar-refractivity contribution in [2.45, 2.75) is 220 Å². The fraction of sp³-hybridized carbons (Fsp3) is 0.500. The minimum atomic E-state index is -3.24. The zero-order chi connectivity index (χ0) is 56.1. The second-order valence-corrected chi connectivity index (χ2v) is 32.6. The summed E-state index contributed by atoms with van der Waals surface area (Å²) in [5.74, 6) is -0.995. The third kappa shape index (κ3) is 11.5. The van der Waals surface area contributed by atoms with Gasteiger partial charge in [-0.3, -0.25) is 0 Å². The van der Waals surface area contributed by atoms with Crippen LogP contribution in [-0.2, 0) is 43.3 Å². The summed E-state index contributed by atoms with van der Waals surface area (Å²) in [6.45, 7) is 53.7. The van der Waals surface area contributed by atoms with Gasteiger partial charge in [-0.05, 0) is 138 Å². The summed E-state index contributed by atoms with van der Waals surface area (Å²) in [5, 5.41) is 0. The van der Waals surface area contributed by atoms with Crippen LogP contribution in [0, 0.1) is 0 Å². The fourth-order valence-corrected chi connectivity index (χ4v) is 13.6. The van der Waals surface area contributed by atoms with Crippen molar-refractivity contribution in [1.29, 1.82) is 0 Å². The van der Waals surface area contributed by atoms with Gasteiger partial charge in [-0.1, -0.05) is 269 Å². The molecular weight excluding hydrogens is 943 g/mol. The number of hydrogen-bond acceptors (Lipinski definition) is 4. The maximum absolute atomic E-state index is 13.3. The first-order chi connectivity index (χ1) is 33.5. The molecule has 74 heavy (non-hydrogen) atoms.